The summed E-state index contributed by atoms with van der Waals surface area (Å²) in [6.07, 6.45) is 2.50. The first kappa shape index (κ1) is 27.9. The van der Waals surface area contributed by atoms with Crippen LogP contribution in [-0.2, 0) is 4.74 Å². The molecule has 0 aliphatic carbocycles. The Balaban J connectivity index is 1.32. The fourth-order valence-electron chi connectivity index (χ4n) is 5.41. The minimum absolute atomic E-state index is 0.108. The van der Waals surface area contributed by atoms with Gasteiger partial charge in [-0.05, 0) is 53.0 Å². The number of halogens is 1. The average molecular weight is 555 g/mol. The Kier molecular flexibility index (Phi) is 9.04. The zero-order valence-electron chi connectivity index (χ0n) is 23.0. The number of aliphatic hydroxyl groups excluding tert-OH is 1. The Labute approximate surface area is 234 Å². The normalized spacial score (nSPS) is 20.1. The highest BCUT2D eigenvalue weighted by Crippen LogP contribution is 2.37. The summed E-state index contributed by atoms with van der Waals surface area (Å²) in [5.74, 6) is 5.33. The van der Waals surface area contributed by atoms with Gasteiger partial charge < -0.3 is 25.0 Å². The van der Waals surface area contributed by atoms with E-state index in [1.54, 1.807) is 12.3 Å². The second kappa shape index (κ2) is 12.7. The van der Waals surface area contributed by atoms with Gasteiger partial charge in [0.05, 0.1) is 25.9 Å². The van der Waals surface area contributed by atoms with Gasteiger partial charge in [0.15, 0.2) is 0 Å². The van der Waals surface area contributed by atoms with Gasteiger partial charge in [0.25, 0.3) is 0 Å². The molecule has 2 fully saturated rings. The Hall–Kier alpha value is -2.69. The maximum absolute atomic E-state index is 14.7. The molecule has 2 N–H and O–H groups in total. The molecule has 2 aliphatic rings. The minimum atomic E-state index is -1.16. The number of rotatable bonds is 11. The van der Waals surface area contributed by atoms with E-state index >= 15 is 0 Å². The van der Waals surface area contributed by atoms with Crippen molar-refractivity contribution in [2.45, 2.75) is 45.4 Å². The molecule has 5 rings (SSSR count). The van der Waals surface area contributed by atoms with Crippen LogP contribution in [-0.4, -0.2) is 83.2 Å². The minimum Gasteiger partial charge on any atom is -0.394 e. The number of benzene rings is 1. The molecule has 0 spiro atoms. The second-order valence-electron chi connectivity index (χ2n) is 10.6. The highest BCUT2D eigenvalue weighted by Gasteiger charge is 2.31. The maximum Gasteiger partial charge on any atom is 0.227 e. The first-order valence-electron chi connectivity index (χ1n) is 13.9. The number of aromatic nitrogens is 3. The van der Waals surface area contributed by atoms with Gasteiger partial charge >= 0.3 is 0 Å². The Morgan fingerprint density at radius 3 is 2.72 bits per heavy atom. The number of hydrogen-bond donors (Lipinski definition) is 2. The van der Waals surface area contributed by atoms with E-state index in [1.807, 2.05) is 22.9 Å². The monoisotopic (exact) mass is 554 g/mol. The number of fused-ring (bicyclic) bond motifs is 1. The number of aliphatic hydroxyl groups is 1. The molecule has 2 atom stereocenters. The molecule has 0 bridgehead atoms. The van der Waals surface area contributed by atoms with Gasteiger partial charge in [-0.3, -0.25) is 0 Å². The summed E-state index contributed by atoms with van der Waals surface area (Å²) in [5.41, 5.74) is 2.55. The van der Waals surface area contributed by atoms with Gasteiger partial charge in [-0.15, -0.1) is 0 Å². The van der Waals surface area contributed by atoms with E-state index in [0.717, 1.165) is 19.0 Å². The molecule has 0 amide bonds. The molecule has 0 radical (unpaired) electrons. The lowest BCUT2D eigenvalue weighted by Crippen LogP contribution is -2.48. The molecule has 2 aromatic heterocycles. The van der Waals surface area contributed by atoms with Crippen LogP contribution in [0.25, 0.3) is 10.8 Å². The van der Waals surface area contributed by atoms with Crippen molar-refractivity contribution < 1.29 is 14.2 Å². The van der Waals surface area contributed by atoms with Crippen molar-refractivity contribution in [1.29, 1.82) is 0 Å². The SMILES string of the molecule is CCSCC1CN(c2ccc(C(C)C)c3cc(Nc4ccnc(N5CCC(OCCO)C(F)C5)n4)ncc23)C1. The molecule has 2 saturated heterocycles. The van der Waals surface area contributed by atoms with E-state index in [0.29, 0.717) is 36.5 Å². The number of piperidine rings is 1. The zero-order chi connectivity index (χ0) is 27.4. The van der Waals surface area contributed by atoms with Crippen LogP contribution in [0.1, 0.15) is 38.7 Å². The molecular formula is C29H39FN6O2S. The summed E-state index contributed by atoms with van der Waals surface area (Å²) in [4.78, 5) is 18.1. The third kappa shape index (κ3) is 6.39. The maximum atomic E-state index is 14.7. The summed E-state index contributed by atoms with van der Waals surface area (Å²) < 4.78 is 20.1. The molecule has 8 nitrogen and oxygen atoms in total. The van der Waals surface area contributed by atoms with Crippen LogP contribution in [0.5, 0.6) is 0 Å². The van der Waals surface area contributed by atoms with Gasteiger partial charge in [-0.1, -0.05) is 26.8 Å². The highest BCUT2D eigenvalue weighted by atomic mass is 32.2. The summed E-state index contributed by atoms with van der Waals surface area (Å²) in [7, 11) is 0. The zero-order valence-corrected chi connectivity index (χ0v) is 23.8. The number of pyridine rings is 1. The molecule has 0 saturated carbocycles. The largest absolute Gasteiger partial charge is 0.394 e. The highest BCUT2D eigenvalue weighted by molar-refractivity contribution is 7.99. The van der Waals surface area contributed by atoms with Crippen molar-refractivity contribution >= 4 is 45.8 Å². The van der Waals surface area contributed by atoms with Gasteiger partial charge in [-0.25, -0.2) is 14.4 Å². The predicted molar refractivity (Wildman–Crippen MR) is 158 cm³/mol. The standard InChI is InChI=1S/C29H39FN6O2S/c1-4-39-18-20-15-36(16-20)25-6-5-21(19(2)3)22-13-28(32-14-23(22)25)33-27-7-9-31-29(34-27)35-10-8-26(24(30)17-35)38-12-11-37/h5-7,9,13-14,19-20,24,26,37H,4,8,10-12,15-18H2,1-3H3,(H,31,32,33,34). The number of nitrogens with zero attached hydrogens (tertiary/aromatic N) is 5. The molecule has 1 aromatic carbocycles. The lowest BCUT2D eigenvalue weighted by molar-refractivity contribution is -0.0262. The molecule has 2 unspecified atom stereocenters. The topological polar surface area (TPSA) is 86.6 Å². The molecule has 3 aromatic rings. The Morgan fingerprint density at radius 1 is 1.13 bits per heavy atom. The molecule has 39 heavy (non-hydrogen) atoms. The van der Waals surface area contributed by atoms with Crippen molar-refractivity contribution in [1.82, 2.24) is 15.0 Å². The van der Waals surface area contributed by atoms with Crippen LogP contribution in [0.4, 0.5) is 27.7 Å². The lowest BCUT2D eigenvalue weighted by Gasteiger charge is -2.41. The molecular weight excluding hydrogens is 515 g/mol. The Bertz CT molecular complexity index is 1260. The number of anilines is 4. The van der Waals surface area contributed by atoms with E-state index < -0.39 is 12.3 Å². The molecule has 210 valence electrons. The van der Waals surface area contributed by atoms with Gasteiger partial charge in [-0.2, -0.15) is 16.7 Å². The number of thioether (sulfide) groups is 1. The van der Waals surface area contributed by atoms with Gasteiger partial charge in [0, 0.05) is 49.0 Å². The number of ether oxygens (including phenoxy) is 1. The first-order chi connectivity index (χ1) is 19.0. The Morgan fingerprint density at radius 2 is 1.97 bits per heavy atom. The van der Waals surface area contributed by atoms with Crippen LogP contribution in [0.2, 0.25) is 0 Å². The fraction of sp³-hybridized carbons (Fsp3) is 0.552. The van der Waals surface area contributed by atoms with Crippen molar-refractivity contribution in [3.8, 4) is 0 Å². The van der Waals surface area contributed by atoms with Crippen LogP contribution in [0.3, 0.4) is 0 Å². The number of nitrogens with one attached hydrogen (secondary N) is 1. The van der Waals surface area contributed by atoms with Crippen LogP contribution >= 0.6 is 11.8 Å². The quantitative estimate of drug-likeness (QED) is 0.340. The van der Waals surface area contributed by atoms with Gasteiger partial charge in [0.2, 0.25) is 5.95 Å². The van der Waals surface area contributed by atoms with E-state index in [1.165, 1.54) is 33.5 Å². The van der Waals surface area contributed by atoms with E-state index in [-0.39, 0.29) is 19.8 Å². The van der Waals surface area contributed by atoms with E-state index in [2.05, 4.69) is 59.2 Å². The third-order valence-corrected chi connectivity index (χ3v) is 8.59. The summed E-state index contributed by atoms with van der Waals surface area (Å²) >= 11 is 2.02. The van der Waals surface area contributed by atoms with Crippen LogP contribution in [0, 0.1) is 5.92 Å². The van der Waals surface area contributed by atoms with E-state index in [4.69, 9.17) is 14.8 Å². The third-order valence-electron chi connectivity index (χ3n) is 7.48. The first-order valence-corrected chi connectivity index (χ1v) is 15.1. The summed E-state index contributed by atoms with van der Waals surface area (Å²) in [6, 6.07) is 8.42. The predicted octanol–water partition coefficient (Wildman–Crippen LogP) is 5.01. The molecule has 10 heteroatoms. The van der Waals surface area contributed by atoms with Crippen molar-refractivity contribution in [3.05, 3.63) is 42.2 Å². The van der Waals surface area contributed by atoms with Crippen molar-refractivity contribution in [2.24, 2.45) is 5.92 Å². The average Bonchev–Trinajstić information content (AvgIpc) is 2.91. The second-order valence-corrected chi connectivity index (χ2v) is 11.9. The van der Waals surface area contributed by atoms with Gasteiger partial charge in [0.1, 0.15) is 17.8 Å². The van der Waals surface area contributed by atoms with Crippen molar-refractivity contribution in [3.63, 3.8) is 0 Å². The number of alkyl halides is 1. The lowest BCUT2D eigenvalue weighted by atomic mass is 9.93. The fourth-order valence-corrected chi connectivity index (χ4v) is 6.19. The smallest absolute Gasteiger partial charge is 0.227 e. The number of hydrogen-bond acceptors (Lipinski definition) is 9. The van der Waals surface area contributed by atoms with E-state index in [9.17, 15) is 4.39 Å². The molecule has 4 heterocycles. The summed E-state index contributed by atoms with van der Waals surface area (Å²) in [6.45, 7) is 9.63. The summed E-state index contributed by atoms with van der Waals surface area (Å²) in [5, 5.41) is 14.7. The van der Waals surface area contributed by atoms with Crippen LogP contribution in [0.15, 0.2) is 36.7 Å². The molecule has 2 aliphatic heterocycles. The van der Waals surface area contributed by atoms with Crippen molar-refractivity contribution in [2.75, 3.05) is 66.0 Å². The van der Waals surface area contributed by atoms with Crippen LogP contribution < -0.4 is 15.1 Å².